The Bertz CT molecular complexity index is 1820. The quantitative estimate of drug-likeness (QED) is 0.171. The number of benzene rings is 1. The second-order valence-electron chi connectivity index (χ2n) is 17.7. The van der Waals surface area contributed by atoms with Crippen molar-refractivity contribution in [3.8, 4) is 0 Å². The topological polar surface area (TPSA) is 168 Å². The zero-order chi connectivity index (χ0) is 42.3. The number of imidazole rings is 1. The number of rotatable bonds is 11. The van der Waals surface area contributed by atoms with Crippen LogP contribution in [0.25, 0.3) is 11.0 Å². The number of amides is 1. The van der Waals surface area contributed by atoms with Gasteiger partial charge in [0.2, 0.25) is 0 Å². The summed E-state index contributed by atoms with van der Waals surface area (Å²) in [5.74, 6) is -5.70. The van der Waals surface area contributed by atoms with E-state index in [1.807, 2.05) is 31.2 Å². The van der Waals surface area contributed by atoms with E-state index >= 15 is 4.39 Å². The van der Waals surface area contributed by atoms with Gasteiger partial charge < -0.3 is 43.6 Å². The van der Waals surface area contributed by atoms with E-state index in [0.29, 0.717) is 25.8 Å². The summed E-state index contributed by atoms with van der Waals surface area (Å²) in [5.41, 5.74) is -4.29. The van der Waals surface area contributed by atoms with Crippen LogP contribution in [0.2, 0.25) is 0 Å². The van der Waals surface area contributed by atoms with Gasteiger partial charge in [-0.05, 0) is 84.8 Å². The Kier molecular flexibility index (Phi) is 13.1. The number of Topliss-reactive ketones (excluding diaryl/α,β-unsaturated/α-hetero) is 2. The molecule has 2 aromatic rings. The van der Waals surface area contributed by atoms with Crippen LogP contribution in [0.3, 0.4) is 0 Å². The molecule has 1 amide bonds. The molecule has 2 N–H and O–H groups in total. The van der Waals surface area contributed by atoms with Crippen molar-refractivity contribution in [1.82, 2.24) is 19.8 Å². The number of ketones is 2. The van der Waals surface area contributed by atoms with Gasteiger partial charge >= 0.3 is 12.1 Å². The van der Waals surface area contributed by atoms with E-state index in [1.54, 1.807) is 40.9 Å². The van der Waals surface area contributed by atoms with Crippen LogP contribution >= 0.6 is 0 Å². The molecule has 13 atom stereocenters. The molecule has 15 heteroatoms. The van der Waals surface area contributed by atoms with Gasteiger partial charge in [0, 0.05) is 50.0 Å². The maximum Gasteiger partial charge on any atom is 0.410 e. The fraction of sp³-hybridized carbons (Fsp3) is 0.744. The van der Waals surface area contributed by atoms with Gasteiger partial charge in [0.15, 0.2) is 17.7 Å². The lowest BCUT2D eigenvalue weighted by Gasteiger charge is -2.46. The number of aliphatic hydroxyl groups is 1. The number of para-hydroxylation sites is 2. The highest BCUT2D eigenvalue weighted by Crippen LogP contribution is 2.44. The SMILES string of the molecule is CC[C@H]1OC(=O)[C@@](C)(F)C(=O)[C@@H](C)[C@@H](O[C@@H]2O[C@H](C)C[C@H](NC3CC3)[C@@H]2O)[C@](C)(OC)C[C@@H](C)C(=O)[C@H](C)C2N(CCCCn3cnc4ccccc43)C(=O)O[C@@]21C. The zero-order valence-electron chi connectivity index (χ0n) is 35.4. The molecule has 3 aliphatic heterocycles. The van der Waals surface area contributed by atoms with Crippen LogP contribution in [-0.4, -0.2) is 123 Å². The van der Waals surface area contributed by atoms with Crippen LogP contribution in [0.5, 0.6) is 0 Å². The van der Waals surface area contributed by atoms with E-state index in [2.05, 4.69) is 14.9 Å². The number of carbonyl (C=O) groups excluding carboxylic acids is 4. The number of fused-ring (bicyclic) bond motifs is 2. The normalized spacial score (nSPS) is 39.3. The van der Waals surface area contributed by atoms with E-state index in [9.17, 15) is 24.3 Å². The average Bonchev–Trinajstić information content (AvgIpc) is 3.85. The minimum atomic E-state index is -3.17. The lowest BCUT2D eigenvalue weighted by Crippen LogP contribution is -2.62. The van der Waals surface area contributed by atoms with E-state index in [-0.39, 0.29) is 43.4 Å². The number of nitrogens with one attached hydrogen (secondary N) is 1. The molecule has 0 radical (unpaired) electrons. The van der Waals surface area contributed by atoms with Gasteiger partial charge in [-0.2, -0.15) is 0 Å². The number of alkyl halides is 1. The third-order valence-corrected chi connectivity index (χ3v) is 13.2. The molecule has 0 spiro atoms. The standard InChI is InChI=1S/C43H63FN4O10/c1-10-32-43(8)35(48(40(53)58-43)20-14-13-19-47-23-45-29-15-11-12-16-31(29)47)26(4)33(49)24(2)22-41(6,54-9)37(27(5)36(51)42(7,44)39(52)56-32)57-38-34(50)30(21-25(3)55-38)46-28-17-18-28/h11-12,15-16,23-28,30,32,34-35,37-38,46,50H,10,13-14,17-22H2,1-9H3/t24-,25-,26+,27-,30+,32-,34+,35?,37-,38+,41-,42+,43-/m1/s1. The molecule has 1 aliphatic carbocycles. The highest BCUT2D eigenvalue weighted by Gasteiger charge is 2.61. The molecule has 1 saturated carbocycles. The molecule has 1 aromatic carbocycles. The van der Waals surface area contributed by atoms with Crippen LogP contribution in [0.4, 0.5) is 9.18 Å². The van der Waals surface area contributed by atoms with Crippen molar-refractivity contribution >= 4 is 34.7 Å². The Morgan fingerprint density at radius 1 is 1.02 bits per heavy atom. The van der Waals surface area contributed by atoms with E-state index in [4.69, 9.17) is 23.7 Å². The third-order valence-electron chi connectivity index (χ3n) is 13.2. The second-order valence-corrected chi connectivity index (χ2v) is 17.7. The number of aromatic nitrogens is 2. The number of carbonyl (C=O) groups is 4. The average molecular weight is 815 g/mol. The number of nitrogens with zero attached hydrogens (tertiary/aromatic N) is 3. The predicted molar refractivity (Wildman–Crippen MR) is 211 cm³/mol. The molecule has 322 valence electrons. The lowest BCUT2D eigenvalue weighted by atomic mass is 9.73. The molecule has 58 heavy (non-hydrogen) atoms. The number of hydrogen-bond donors (Lipinski definition) is 2. The molecule has 6 rings (SSSR count). The van der Waals surface area contributed by atoms with Crippen molar-refractivity contribution < 1.29 is 52.4 Å². The number of cyclic esters (lactones) is 1. The van der Waals surface area contributed by atoms with E-state index in [1.165, 1.54) is 18.9 Å². The molecule has 14 nitrogen and oxygen atoms in total. The summed E-state index contributed by atoms with van der Waals surface area (Å²) < 4.78 is 49.6. The maximum absolute atomic E-state index is 16.9. The summed E-state index contributed by atoms with van der Waals surface area (Å²) in [7, 11) is 1.42. The van der Waals surface area contributed by atoms with Crippen LogP contribution in [-0.2, 0) is 44.6 Å². The Hall–Kier alpha value is -3.50. The number of methoxy groups -OCH3 is 1. The summed E-state index contributed by atoms with van der Waals surface area (Å²) >= 11 is 0. The zero-order valence-corrected chi connectivity index (χ0v) is 35.4. The largest absolute Gasteiger partial charge is 0.455 e. The van der Waals surface area contributed by atoms with Crippen molar-refractivity contribution in [3.05, 3.63) is 30.6 Å². The monoisotopic (exact) mass is 814 g/mol. The number of aryl methyl sites for hydroxylation is 1. The molecule has 4 aliphatic rings. The van der Waals surface area contributed by atoms with Gasteiger partial charge in [0.25, 0.3) is 5.67 Å². The minimum absolute atomic E-state index is 0.0127. The number of ether oxygens (including phenoxy) is 5. The molecular formula is C43H63FN4O10. The van der Waals surface area contributed by atoms with Gasteiger partial charge in [-0.25, -0.2) is 19.0 Å². The molecule has 1 unspecified atom stereocenters. The van der Waals surface area contributed by atoms with Crippen molar-refractivity contribution in [1.29, 1.82) is 0 Å². The van der Waals surface area contributed by atoms with E-state index < -0.39 is 83.1 Å². The van der Waals surface area contributed by atoms with Gasteiger partial charge in [0.1, 0.15) is 18.0 Å². The first-order valence-electron chi connectivity index (χ1n) is 21.0. The molecule has 4 fully saturated rings. The summed E-state index contributed by atoms with van der Waals surface area (Å²) in [6.45, 7) is 13.5. The number of halogens is 1. The first-order valence-corrected chi connectivity index (χ1v) is 21.0. The highest BCUT2D eigenvalue weighted by atomic mass is 19.1. The van der Waals surface area contributed by atoms with Crippen LogP contribution in [0.1, 0.15) is 100 Å². The number of aliphatic hydroxyl groups excluding tert-OH is 1. The second kappa shape index (κ2) is 17.2. The minimum Gasteiger partial charge on any atom is -0.455 e. The Balaban J connectivity index is 1.31. The van der Waals surface area contributed by atoms with Gasteiger partial charge in [-0.1, -0.05) is 39.8 Å². The molecular weight excluding hydrogens is 751 g/mol. The van der Waals surface area contributed by atoms with Crippen molar-refractivity contribution in [3.63, 3.8) is 0 Å². The lowest BCUT2D eigenvalue weighted by molar-refractivity contribution is -0.290. The summed E-state index contributed by atoms with van der Waals surface area (Å²) in [6.07, 6.45) is -0.208. The Morgan fingerprint density at radius 2 is 1.71 bits per heavy atom. The Morgan fingerprint density at radius 3 is 2.38 bits per heavy atom. The van der Waals surface area contributed by atoms with Gasteiger partial charge in [0.05, 0.1) is 41.2 Å². The van der Waals surface area contributed by atoms with Crippen molar-refractivity contribution in [2.75, 3.05) is 13.7 Å². The van der Waals surface area contributed by atoms with Gasteiger partial charge in [-0.3, -0.25) is 9.59 Å². The fourth-order valence-corrected chi connectivity index (χ4v) is 9.69. The van der Waals surface area contributed by atoms with Crippen molar-refractivity contribution in [2.45, 2.75) is 173 Å². The molecule has 1 aromatic heterocycles. The molecule has 4 heterocycles. The summed E-state index contributed by atoms with van der Waals surface area (Å²) in [6, 6.07) is 6.85. The van der Waals surface area contributed by atoms with Gasteiger partial charge in [-0.15, -0.1) is 0 Å². The fourth-order valence-electron chi connectivity index (χ4n) is 9.69. The Labute approximate surface area is 340 Å². The predicted octanol–water partition coefficient (Wildman–Crippen LogP) is 5.30. The summed E-state index contributed by atoms with van der Waals surface area (Å²) in [4.78, 5) is 62.7. The number of unbranched alkanes of at least 4 members (excludes halogenated alkanes) is 1. The van der Waals surface area contributed by atoms with Crippen LogP contribution in [0.15, 0.2) is 30.6 Å². The van der Waals surface area contributed by atoms with Crippen molar-refractivity contribution in [2.24, 2.45) is 17.8 Å². The summed E-state index contributed by atoms with van der Waals surface area (Å²) in [5, 5.41) is 14.9. The maximum atomic E-state index is 16.9. The smallest absolute Gasteiger partial charge is 0.410 e. The molecule has 3 saturated heterocycles. The first-order chi connectivity index (χ1) is 27.4. The number of esters is 1. The van der Waals surface area contributed by atoms with Crippen LogP contribution < -0.4 is 5.32 Å². The highest BCUT2D eigenvalue weighted by molar-refractivity contribution is 6.08. The molecule has 0 bridgehead atoms. The van der Waals surface area contributed by atoms with E-state index in [0.717, 1.165) is 30.8 Å². The first kappa shape index (κ1) is 44.1. The third kappa shape index (κ3) is 8.57. The van der Waals surface area contributed by atoms with Crippen LogP contribution in [0, 0.1) is 17.8 Å². The number of hydrogen-bond acceptors (Lipinski definition) is 12.